The van der Waals surface area contributed by atoms with Crippen LogP contribution in [0.3, 0.4) is 0 Å². The van der Waals surface area contributed by atoms with Gasteiger partial charge in [-0.3, -0.25) is 0 Å². The number of rotatable bonds is 8. The summed E-state index contributed by atoms with van der Waals surface area (Å²) in [6.45, 7) is 4.67. The molecule has 146 valence electrons. The van der Waals surface area contributed by atoms with Crippen molar-refractivity contribution in [2.45, 2.75) is 31.9 Å². The number of hydrogen-bond acceptors (Lipinski definition) is 5. The highest BCUT2D eigenvalue weighted by atomic mass is 16.5. The molecule has 0 aliphatic carbocycles. The van der Waals surface area contributed by atoms with Gasteiger partial charge in [0.25, 0.3) is 0 Å². The van der Waals surface area contributed by atoms with Crippen molar-refractivity contribution in [3.05, 3.63) is 59.8 Å². The molecule has 6 heteroatoms. The predicted octanol–water partition coefficient (Wildman–Crippen LogP) is 3.10. The zero-order valence-electron chi connectivity index (χ0n) is 16.1. The number of aliphatic hydroxyl groups excluding tert-OH is 1. The molecule has 1 unspecified atom stereocenters. The Morgan fingerprint density at radius 1 is 1.21 bits per heavy atom. The Morgan fingerprint density at radius 2 is 1.96 bits per heavy atom. The quantitative estimate of drug-likeness (QED) is 0.482. The van der Waals surface area contributed by atoms with E-state index in [1.165, 1.54) is 0 Å². The summed E-state index contributed by atoms with van der Waals surface area (Å²) in [6.07, 6.45) is 0.0872. The molecule has 0 aliphatic rings. The van der Waals surface area contributed by atoms with Gasteiger partial charge in [0, 0.05) is 17.5 Å². The molecule has 1 atom stereocenters. The van der Waals surface area contributed by atoms with E-state index in [2.05, 4.69) is 30.2 Å². The topological polar surface area (TPSA) is 101 Å². The van der Waals surface area contributed by atoms with E-state index < -0.39 is 6.10 Å². The lowest BCUT2D eigenvalue weighted by Gasteiger charge is -2.28. The van der Waals surface area contributed by atoms with Crippen molar-refractivity contribution in [1.29, 1.82) is 5.26 Å². The first-order chi connectivity index (χ1) is 13.4. The van der Waals surface area contributed by atoms with E-state index >= 15 is 0 Å². The molecular formula is C22H25N3O3. The highest BCUT2D eigenvalue weighted by Crippen LogP contribution is 2.26. The second-order valence-corrected chi connectivity index (χ2v) is 7.59. The molecule has 1 heterocycles. The number of fused-ring (bicyclic) bond motifs is 1. The van der Waals surface area contributed by atoms with Gasteiger partial charge in [0.05, 0.1) is 5.52 Å². The molecule has 0 amide bonds. The van der Waals surface area contributed by atoms with E-state index in [0.29, 0.717) is 18.0 Å². The molecule has 0 bridgehead atoms. The maximum absolute atomic E-state index is 10.3. The fraction of sp³-hybridized carbons (Fsp3) is 0.318. The van der Waals surface area contributed by atoms with Crippen LogP contribution in [-0.4, -0.2) is 40.0 Å². The Labute approximate surface area is 164 Å². The molecule has 0 fully saturated rings. The van der Waals surface area contributed by atoms with Crippen molar-refractivity contribution in [3.8, 4) is 17.6 Å². The smallest absolute Gasteiger partial charge is 0.128 e. The van der Waals surface area contributed by atoms with Crippen LogP contribution in [0.2, 0.25) is 0 Å². The Bertz CT molecular complexity index is 971. The Hall–Kier alpha value is -3.01. The van der Waals surface area contributed by atoms with Crippen molar-refractivity contribution in [2.24, 2.45) is 0 Å². The van der Waals surface area contributed by atoms with Crippen LogP contribution in [0.1, 0.15) is 25.1 Å². The molecule has 0 aliphatic heterocycles. The highest BCUT2D eigenvalue weighted by Gasteiger charge is 2.19. The number of nitrogens with zero attached hydrogens (tertiary/aromatic N) is 1. The largest absolute Gasteiger partial charge is 0.508 e. The first-order valence-electron chi connectivity index (χ1n) is 9.22. The summed E-state index contributed by atoms with van der Waals surface area (Å²) >= 11 is 0. The molecule has 2 aromatic carbocycles. The highest BCUT2D eigenvalue weighted by molar-refractivity contribution is 5.87. The Balaban J connectivity index is 1.53. The molecule has 0 spiro atoms. The van der Waals surface area contributed by atoms with Gasteiger partial charge in [-0.05, 0) is 56.2 Å². The van der Waals surface area contributed by atoms with Crippen molar-refractivity contribution in [1.82, 2.24) is 10.3 Å². The van der Waals surface area contributed by atoms with Crippen LogP contribution in [0.5, 0.6) is 11.5 Å². The molecule has 3 aromatic rings. The van der Waals surface area contributed by atoms with Crippen LogP contribution in [0.25, 0.3) is 10.9 Å². The SMILES string of the molecule is CC(C)(Cc1ccc(O)cc1)NCC(O)COc1cccc2[nH]c(C#N)cc12. The summed E-state index contributed by atoms with van der Waals surface area (Å²) in [5.74, 6) is 0.888. The lowest BCUT2D eigenvalue weighted by atomic mass is 9.94. The first kappa shape index (κ1) is 19.7. The molecule has 4 N–H and O–H groups in total. The van der Waals surface area contributed by atoms with E-state index in [4.69, 9.17) is 10.00 Å². The van der Waals surface area contributed by atoms with Crippen LogP contribution in [-0.2, 0) is 6.42 Å². The number of nitrogens with one attached hydrogen (secondary N) is 2. The maximum atomic E-state index is 10.3. The van der Waals surface area contributed by atoms with Crippen LogP contribution in [0.15, 0.2) is 48.5 Å². The number of benzene rings is 2. The van der Waals surface area contributed by atoms with Crippen molar-refractivity contribution < 1.29 is 14.9 Å². The number of aromatic hydroxyl groups is 1. The van der Waals surface area contributed by atoms with Gasteiger partial charge in [-0.25, -0.2) is 0 Å². The summed E-state index contributed by atoms with van der Waals surface area (Å²) in [5, 5.41) is 32.9. The molecule has 0 radical (unpaired) electrons. The minimum absolute atomic E-state index is 0.147. The molecule has 0 saturated carbocycles. The van der Waals surface area contributed by atoms with Crippen LogP contribution >= 0.6 is 0 Å². The summed E-state index contributed by atoms with van der Waals surface area (Å²) in [7, 11) is 0. The molecule has 28 heavy (non-hydrogen) atoms. The molecule has 1 aromatic heterocycles. The first-order valence-corrected chi connectivity index (χ1v) is 9.22. The van der Waals surface area contributed by atoms with Gasteiger partial charge in [-0.15, -0.1) is 0 Å². The van der Waals surface area contributed by atoms with Gasteiger partial charge in [0.2, 0.25) is 0 Å². The minimum atomic E-state index is -0.677. The number of hydrogen-bond donors (Lipinski definition) is 4. The minimum Gasteiger partial charge on any atom is -0.508 e. The molecule has 0 saturated heterocycles. The summed E-state index contributed by atoms with van der Waals surface area (Å²) < 4.78 is 5.79. The predicted molar refractivity (Wildman–Crippen MR) is 108 cm³/mol. The average molecular weight is 379 g/mol. The van der Waals surface area contributed by atoms with E-state index in [9.17, 15) is 10.2 Å². The molecule has 6 nitrogen and oxygen atoms in total. The number of aromatic amines is 1. The van der Waals surface area contributed by atoms with Gasteiger partial charge in [-0.1, -0.05) is 18.2 Å². The van der Waals surface area contributed by atoms with Gasteiger partial charge in [0.1, 0.15) is 36.0 Å². The van der Waals surface area contributed by atoms with E-state index in [-0.39, 0.29) is 17.9 Å². The van der Waals surface area contributed by atoms with Crippen LogP contribution < -0.4 is 10.1 Å². The number of aromatic nitrogens is 1. The summed E-state index contributed by atoms with van der Waals surface area (Å²) in [6, 6.07) is 16.5. The van der Waals surface area contributed by atoms with Crippen LogP contribution in [0.4, 0.5) is 0 Å². The van der Waals surface area contributed by atoms with Crippen molar-refractivity contribution in [2.75, 3.05) is 13.2 Å². The third-order valence-corrected chi connectivity index (χ3v) is 4.57. The zero-order valence-corrected chi connectivity index (χ0v) is 16.1. The van der Waals surface area contributed by atoms with Gasteiger partial charge >= 0.3 is 0 Å². The third kappa shape index (κ3) is 5.03. The summed E-state index contributed by atoms with van der Waals surface area (Å²) in [5.41, 5.74) is 2.19. The number of ether oxygens (including phenoxy) is 1. The fourth-order valence-corrected chi connectivity index (χ4v) is 3.14. The second kappa shape index (κ2) is 8.34. The normalized spacial score (nSPS) is 12.6. The number of nitriles is 1. The summed E-state index contributed by atoms with van der Waals surface area (Å²) in [4.78, 5) is 3.01. The second-order valence-electron chi connectivity index (χ2n) is 7.59. The average Bonchev–Trinajstić information content (AvgIpc) is 3.10. The standard InChI is InChI=1S/C22H25N3O3/c1-22(2,11-15-6-8-17(26)9-7-15)24-13-18(27)14-28-21-5-3-4-20-19(21)10-16(12-23)25-20/h3-10,18,24-27H,11,13-14H2,1-2H3. The number of phenols is 1. The zero-order chi connectivity index (χ0) is 20.1. The lowest BCUT2D eigenvalue weighted by molar-refractivity contribution is 0.0996. The number of H-pyrrole nitrogens is 1. The van der Waals surface area contributed by atoms with Gasteiger partial charge < -0.3 is 25.3 Å². The number of phenolic OH excluding ortho intramolecular Hbond substituents is 1. The van der Waals surface area contributed by atoms with E-state index in [0.717, 1.165) is 22.9 Å². The lowest BCUT2D eigenvalue weighted by Crippen LogP contribution is -2.46. The number of β-amino-alcohol motifs (C(OH)–C–C–N with tert-alkyl or cyclic N) is 1. The monoisotopic (exact) mass is 379 g/mol. The Kier molecular flexibility index (Phi) is 5.88. The van der Waals surface area contributed by atoms with Crippen molar-refractivity contribution >= 4 is 10.9 Å². The fourth-order valence-electron chi connectivity index (χ4n) is 3.14. The maximum Gasteiger partial charge on any atom is 0.128 e. The van der Waals surface area contributed by atoms with E-state index in [1.807, 2.05) is 30.3 Å². The third-order valence-electron chi connectivity index (χ3n) is 4.57. The van der Waals surface area contributed by atoms with Crippen LogP contribution in [0, 0.1) is 11.3 Å². The Morgan fingerprint density at radius 3 is 2.68 bits per heavy atom. The molecule has 3 rings (SSSR count). The van der Waals surface area contributed by atoms with E-state index in [1.54, 1.807) is 18.2 Å². The van der Waals surface area contributed by atoms with Gasteiger partial charge in [0.15, 0.2) is 0 Å². The van der Waals surface area contributed by atoms with Crippen molar-refractivity contribution in [3.63, 3.8) is 0 Å². The number of aliphatic hydroxyl groups is 1. The van der Waals surface area contributed by atoms with Gasteiger partial charge in [-0.2, -0.15) is 5.26 Å². The molecular weight excluding hydrogens is 354 g/mol.